The van der Waals surface area contributed by atoms with Crippen molar-refractivity contribution >= 4 is 17.7 Å². The minimum Gasteiger partial charge on any atom is -0.354 e. The van der Waals surface area contributed by atoms with Crippen LogP contribution in [-0.4, -0.2) is 54.0 Å². The molecule has 5 heteroatoms. The Bertz CT molecular complexity index is 280. The van der Waals surface area contributed by atoms with Crippen LogP contribution in [0.15, 0.2) is 0 Å². The molecule has 0 unspecified atom stereocenters. The number of nitrogens with two attached hydrogens (primary N) is 1. The number of hydrogen-bond acceptors (Lipinski definition) is 4. The lowest BCUT2D eigenvalue weighted by Crippen LogP contribution is -2.56. The van der Waals surface area contributed by atoms with E-state index >= 15 is 0 Å². The molecule has 3 N–H and O–H groups in total. The van der Waals surface area contributed by atoms with Crippen LogP contribution in [-0.2, 0) is 4.79 Å². The first-order chi connectivity index (χ1) is 8.25. The summed E-state index contributed by atoms with van der Waals surface area (Å²) in [6.45, 7) is 11.5. The SMILES string of the molecule is CC(C)(N)C(C)(C)C(=O)NCCN1CCSCC1. The van der Waals surface area contributed by atoms with Crippen LogP contribution in [0.1, 0.15) is 27.7 Å². The molecular formula is C13H27N3OS. The summed E-state index contributed by atoms with van der Waals surface area (Å²) in [5, 5.41) is 3.01. The molecule has 0 aliphatic carbocycles. The summed E-state index contributed by atoms with van der Waals surface area (Å²) in [4.78, 5) is 14.5. The topological polar surface area (TPSA) is 58.4 Å². The third kappa shape index (κ3) is 4.14. The lowest BCUT2D eigenvalue weighted by Gasteiger charge is -2.37. The first kappa shape index (κ1) is 15.8. The van der Waals surface area contributed by atoms with E-state index in [1.54, 1.807) is 0 Å². The van der Waals surface area contributed by atoms with E-state index in [0.29, 0.717) is 6.54 Å². The maximum atomic E-state index is 12.1. The fourth-order valence-electron chi connectivity index (χ4n) is 1.67. The van der Waals surface area contributed by atoms with Crippen molar-refractivity contribution in [1.29, 1.82) is 0 Å². The predicted molar refractivity (Wildman–Crippen MR) is 78.8 cm³/mol. The number of rotatable bonds is 5. The van der Waals surface area contributed by atoms with Crippen molar-refractivity contribution in [2.75, 3.05) is 37.7 Å². The molecule has 0 atom stereocenters. The average molecular weight is 273 g/mol. The molecule has 0 spiro atoms. The lowest BCUT2D eigenvalue weighted by atomic mass is 9.74. The van der Waals surface area contributed by atoms with E-state index in [4.69, 9.17) is 5.73 Å². The molecule has 0 aromatic heterocycles. The fourth-order valence-corrected chi connectivity index (χ4v) is 2.64. The molecule has 1 heterocycles. The Labute approximate surface area is 115 Å². The van der Waals surface area contributed by atoms with Crippen molar-refractivity contribution in [2.45, 2.75) is 33.2 Å². The summed E-state index contributed by atoms with van der Waals surface area (Å²) in [5.41, 5.74) is 4.99. The van der Waals surface area contributed by atoms with Gasteiger partial charge in [0.2, 0.25) is 5.91 Å². The minimum atomic E-state index is -0.551. The number of amides is 1. The number of hydrogen-bond donors (Lipinski definition) is 2. The second kappa shape index (κ2) is 6.26. The molecule has 0 aromatic rings. The predicted octanol–water partition coefficient (Wildman–Crippen LogP) is 0.915. The largest absolute Gasteiger partial charge is 0.354 e. The quantitative estimate of drug-likeness (QED) is 0.782. The van der Waals surface area contributed by atoms with Gasteiger partial charge in [0.05, 0.1) is 5.41 Å². The number of carbonyl (C=O) groups excluding carboxylic acids is 1. The Morgan fingerprint density at radius 2 is 1.83 bits per heavy atom. The van der Waals surface area contributed by atoms with Crippen molar-refractivity contribution in [1.82, 2.24) is 10.2 Å². The van der Waals surface area contributed by atoms with Crippen molar-refractivity contribution in [3.63, 3.8) is 0 Å². The molecule has 0 aromatic carbocycles. The summed E-state index contributed by atoms with van der Waals surface area (Å²) in [5.74, 6) is 2.45. The molecule has 4 nitrogen and oxygen atoms in total. The molecule has 18 heavy (non-hydrogen) atoms. The highest BCUT2D eigenvalue weighted by atomic mass is 32.2. The van der Waals surface area contributed by atoms with E-state index in [-0.39, 0.29) is 5.91 Å². The second-order valence-electron chi connectivity index (χ2n) is 6.06. The molecule has 1 saturated heterocycles. The molecule has 0 saturated carbocycles. The maximum absolute atomic E-state index is 12.1. The zero-order valence-electron chi connectivity index (χ0n) is 12.1. The van der Waals surface area contributed by atoms with Crippen molar-refractivity contribution < 1.29 is 4.79 Å². The Morgan fingerprint density at radius 3 is 2.33 bits per heavy atom. The molecule has 1 amide bonds. The van der Waals surface area contributed by atoms with E-state index in [0.717, 1.165) is 19.6 Å². The Hall–Kier alpha value is -0.260. The highest BCUT2D eigenvalue weighted by Crippen LogP contribution is 2.28. The van der Waals surface area contributed by atoms with Gasteiger partial charge in [-0.05, 0) is 27.7 Å². The van der Waals surface area contributed by atoms with E-state index in [2.05, 4.69) is 10.2 Å². The van der Waals surface area contributed by atoms with Gasteiger partial charge in [-0.2, -0.15) is 11.8 Å². The summed E-state index contributed by atoms with van der Waals surface area (Å²) < 4.78 is 0. The Balaban J connectivity index is 2.32. The molecule has 1 fully saturated rings. The monoisotopic (exact) mass is 273 g/mol. The number of nitrogens with zero attached hydrogens (tertiary/aromatic N) is 1. The second-order valence-corrected chi connectivity index (χ2v) is 7.28. The lowest BCUT2D eigenvalue weighted by molar-refractivity contribution is -0.132. The summed E-state index contributed by atoms with van der Waals surface area (Å²) in [6.07, 6.45) is 0. The van der Waals surface area contributed by atoms with Crippen molar-refractivity contribution in [2.24, 2.45) is 11.1 Å². The highest BCUT2D eigenvalue weighted by molar-refractivity contribution is 7.99. The standard InChI is InChI=1S/C13H27N3OS/c1-12(2,13(3,4)14)11(17)15-5-6-16-7-9-18-10-8-16/h5-10,14H2,1-4H3,(H,15,17). The minimum absolute atomic E-state index is 0.0429. The van der Waals surface area contributed by atoms with Gasteiger partial charge in [-0.3, -0.25) is 9.69 Å². The van der Waals surface area contributed by atoms with E-state index < -0.39 is 11.0 Å². The first-order valence-corrected chi connectivity index (χ1v) is 7.78. The van der Waals surface area contributed by atoms with Crippen LogP contribution in [0.4, 0.5) is 0 Å². The number of nitrogens with one attached hydrogen (secondary N) is 1. The third-order valence-corrected chi connectivity index (χ3v) is 4.94. The summed E-state index contributed by atoms with van der Waals surface area (Å²) in [6, 6.07) is 0. The summed E-state index contributed by atoms with van der Waals surface area (Å²) >= 11 is 2.00. The van der Waals surface area contributed by atoms with Gasteiger partial charge in [0.25, 0.3) is 0 Å². The van der Waals surface area contributed by atoms with Gasteiger partial charge >= 0.3 is 0 Å². The smallest absolute Gasteiger partial charge is 0.227 e. The summed E-state index contributed by atoms with van der Waals surface area (Å²) in [7, 11) is 0. The van der Waals surface area contributed by atoms with Crippen LogP contribution in [0.25, 0.3) is 0 Å². The van der Waals surface area contributed by atoms with Gasteiger partial charge in [0, 0.05) is 43.2 Å². The van der Waals surface area contributed by atoms with Gasteiger partial charge < -0.3 is 11.1 Å². The van der Waals surface area contributed by atoms with Gasteiger partial charge in [-0.25, -0.2) is 0 Å². The Morgan fingerprint density at radius 1 is 1.28 bits per heavy atom. The molecule has 0 radical (unpaired) electrons. The van der Waals surface area contributed by atoms with E-state index in [9.17, 15) is 4.79 Å². The van der Waals surface area contributed by atoms with Crippen LogP contribution in [0.3, 0.4) is 0 Å². The first-order valence-electron chi connectivity index (χ1n) is 6.62. The van der Waals surface area contributed by atoms with Gasteiger partial charge in [0.15, 0.2) is 0 Å². The maximum Gasteiger partial charge on any atom is 0.227 e. The van der Waals surface area contributed by atoms with Crippen LogP contribution in [0, 0.1) is 5.41 Å². The third-order valence-electron chi connectivity index (χ3n) is 4.00. The van der Waals surface area contributed by atoms with Gasteiger partial charge in [0.1, 0.15) is 0 Å². The zero-order chi connectivity index (χ0) is 13.8. The van der Waals surface area contributed by atoms with Gasteiger partial charge in [-0.15, -0.1) is 0 Å². The van der Waals surface area contributed by atoms with Gasteiger partial charge in [-0.1, -0.05) is 0 Å². The van der Waals surface area contributed by atoms with Crippen LogP contribution in [0.2, 0.25) is 0 Å². The molecular weight excluding hydrogens is 246 g/mol. The van der Waals surface area contributed by atoms with Crippen molar-refractivity contribution in [3.05, 3.63) is 0 Å². The molecule has 0 bridgehead atoms. The van der Waals surface area contributed by atoms with Crippen molar-refractivity contribution in [3.8, 4) is 0 Å². The molecule has 1 aliphatic rings. The number of thioether (sulfide) groups is 1. The van der Waals surface area contributed by atoms with E-state index in [1.807, 2.05) is 39.5 Å². The van der Waals surface area contributed by atoms with Crippen LogP contribution < -0.4 is 11.1 Å². The van der Waals surface area contributed by atoms with Crippen LogP contribution >= 0.6 is 11.8 Å². The number of carbonyl (C=O) groups is 1. The Kier molecular flexibility index (Phi) is 5.49. The normalized spacial score (nSPS) is 18.7. The average Bonchev–Trinajstić information content (AvgIpc) is 2.28. The molecule has 1 rings (SSSR count). The zero-order valence-corrected chi connectivity index (χ0v) is 12.9. The highest BCUT2D eigenvalue weighted by Gasteiger charge is 2.40. The molecule has 106 valence electrons. The fraction of sp³-hybridized carbons (Fsp3) is 0.923. The van der Waals surface area contributed by atoms with E-state index in [1.165, 1.54) is 11.5 Å². The molecule has 1 aliphatic heterocycles. The van der Waals surface area contributed by atoms with Crippen LogP contribution in [0.5, 0.6) is 0 Å².